The third-order valence-electron chi connectivity index (χ3n) is 3.42. The van der Waals surface area contributed by atoms with Gasteiger partial charge in [0.1, 0.15) is 0 Å². The topological polar surface area (TPSA) is 0 Å². The summed E-state index contributed by atoms with van der Waals surface area (Å²) in [5, 5.41) is 0. The van der Waals surface area contributed by atoms with Crippen molar-refractivity contribution in [3.63, 3.8) is 0 Å². The molecule has 0 saturated heterocycles. The van der Waals surface area contributed by atoms with Crippen LogP contribution in [0.5, 0.6) is 0 Å². The van der Waals surface area contributed by atoms with Crippen molar-refractivity contribution in [2.75, 3.05) is 0 Å². The Morgan fingerprint density at radius 1 is 0.786 bits per heavy atom. The molecule has 14 heavy (non-hydrogen) atoms. The average molecular weight is 195 g/mol. The predicted molar refractivity (Wildman–Crippen MR) is 64.3 cm³/mol. The van der Waals surface area contributed by atoms with Gasteiger partial charge >= 0.3 is 0 Å². The van der Waals surface area contributed by atoms with Gasteiger partial charge < -0.3 is 0 Å². The Hall–Kier alpha value is 0. The van der Waals surface area contributed by atoms with E-state index in [1.54, 1.807) is 5.92 Å². The maximum absolute atomic E-state index is 2.29. The summed E-state index contributed by atoms with van der Waals surface area (Å²) >= 11 is 0. The molecule has 0 nitrogen and oxygen atoms in total. The summed E-state index contributed by atoms with van der Waals surface area (Å²) in [4.78, 5) is 0. The van der Waals surface area contributed by atoms with E-state index in [1.165, 1.54) is 64.2 Å². The zero-order valence-corrected chi connectivity index (χ0v) is 10.1. The van der Waals surface area contributed by atoms with Gasteiger partial charge in [-0.25, -0.2) is 0 Å². The molecule has 0 spiro atoms. The van der Waals surface area contributed by atoms with Crippen LogP contribution in [0.15, 0.2) is 0 Å². The van der Waals surface area contributed by atoms with Gasteiger partial charge in [-0.15, -0.1) is 0 Å². The van der Waals surface area contributed by atoms with E-state index in [9.17, 15) is 0 Å². The van der Waals surface area contributed by atoms with Crippen molar-refractivity contribution < 1.29 is 0 Å². The van der Waals surface area contributed by atoms with Crippen molar-refractivity contribution in [2.24, 2.45) is 5.92 Å². The molecule has 1 aliphatic carbocycles. The summed E-state index contributed by atoms with van der Waals surface area (Å²) in [6.07, 6.45) is 14.8. The second-order valence-electron chi connectivity index (χ2n) is 5.33. The molecule has 0 aromatic rings. The lowest BCUT2D eigenvalue weighted by molar-refractivity contribution is 0.375. The SMILES string of the molecule is C[C](C)CC1CCCCCCCCC1. The van der Waals surface area contributed by atoms with Gasteiger partial charge in [-0.05, 0) is 18.3 Å². The molecule has 0 aliphatic heterocycles. The van der Waals surface area contributed by atoms with E-state index in [4.69, 9.17) is 0 Å². The number of hydrogen-bond acceptors (Lipinski definition) is 0. The van der Waals surface area contributed by atoms with Crippen molar-refractivity contribution in [2.45, 2.75) is 78.1 Å². The normalized spacial score (nSPS) is 22.5. The minimum atomic E-state index is 1.01. The lowest BCUT2D eigenvalue weighted by Gasteiger charge is -2.19. The molecule has 0 heteroatoms. The third-order valence-corrected chi connectivity index (χ3v) is 3.42. The van der Waals surface area contributed by atoms with Crippen LogP contribution in [0.25, 0.3) is 0 Å². The summed E-state index contributed by atoms with van der Waals surface area (Å²) in [5.74, 6) is 2.64. The largest absolute Gasteiger partial charge is 0.0594 e. The van der Waals surface area contributed by atoms with Gasteiger partial charge in [-0.3, -0.25) is 0 Å². The maximum atomic E-state index is 2.29. The highest BCUT2D eigenvalue weighted by Crippen LogP contribution is 2.26. The van der Waals surface area contributed by atoms with E-state index in [0.29, 0.717) is 0 Å². The fourth-order valence-electron chi connectivity index (χ4n) is 2.68. The first-order valence-corrected chi connectivity index (χ1v) is 6.58. The van der Waals surface area contributed by atoms with Crippen LogP contribution >= 0.6 is 0 Å². The van der Waals surface area contributed by atoms with Gasteiger partial charge in [0.25, 0.3) is 0 Å². The van der Waals surface area contributed by atoms with Gasteiger partial charge in [-0.2, -0.15) is 0 Å². The van der Waals surface area contributed by atoms with E-state index < -0.39 is 0 Å². The van der Waals surface area contributed by atoms with Crippen LogP contribution in [0.4, 0.5) is 0 Å². The quantitative estimate of drug-likeness (QED) is 0.573. The summed E-state index contributed by atoms with van der Waals surface area (Å²) in [5.41, 5.74) is 0. The monoisotopic (exact) mass is 195 g/mol. The van der Waals surface area contributed by atoms with Crippen LogP contribution in [-0.4, -0.2) is 0 Å². The fraction of sp³-hybridized carbons (Fsp3) is 0.929. The van der Waals surface area contributed by atoms with Gasteiger partial charge in [0.05, 0.1) is 0 Å². The van der Waals surface area contributed by atoms with Gasteiger partial charge in [-0.1, -0.05) is 71.6 Å². The molecule has 0 amide bonds. The standard InChI is InChI=1S/C14H27/c1-13(2)12-14-10-8-6-4-3-5-7-9-11-14/h14H,3-12H2,1-2H3. The smallest absolute Gasteiger partial charge is 0.0300 e. The Kier molecular flexibility index (Phi) is 6.31. The Morgan fingerprint density at radius 2 is 1.21 bits per heavy atom. The first-order chi connectivity index (χ1) is 6.79. The molecule has 1 radical (unpaired) electrons. The van der Waals surface area contributed by atoms with Crippen LogP contribution in [0.3, 0.4) is 0 Å². The molecule has 0 aromatic carbocycles. The van der Waals surface area contributed by atoms with E-state index in [2.05, 4.69) is 13.8 Å². The molecule has 0 heterocycles. The summed E-state index contributed by atoms with van der Waals surface area (Å²) in [6.45, 7) is 4.58. The highest BCUT2D eigenvalue weighted by molar-refractivity contribution is 4.81. The zero-order valence-electron chi connectivity index (χ0n) is 10.1. The van der Waals surface area contributed by atoms with Gasteiger partial charge in [0, 0.05) is 0 Å². The number of hydrogen-bond donors (Lipinski definition) is 0. The molecule has 1 saturated carbocycles. The van der Waals surface area contributed by atoms with E-state index in [0.717, 1.165) is 5.92 Å². The summed E-state index contributed by atoms with van der Waals surface area (Å²) in [7, 11) is 0. The third kappa shape index (κ3) is 5.67. The Balaban J connectivity index is 2.23. The molecule has 83 valence electrons. The minimum absolute atomic E-state index is 1.01. The lowest BCUT2D eigenvalue weighted by Crippen LogP contribution is -2.05. The zero-order chi connectivity index (χ0) is 10.2. The maximum Gasteiger partial charge on any atom is -0.0300 e. The lowest BCUT2D eigenvalue weighted by atomic mass is 9.86. The van der Waals surface area contributed by atoms with E-state index in [-0.39, 0.29) is 0 Å². The highest BCUT2D eigenvalue weighted by Gasteiger charge is 2.11. The van der Waals surface area contributed by atoms with Crippen molar-refractivity contribution in [1.29, 1.82) is 0 Å². The van der Waals surface area contributed by atoms with Crippen LogP contribution in [0, 0.1) is 11.8 Å². The molecule has 1 aliphatic rings. The Morgan fingerprint density at radius 3 is 1.64 bits per heavy atom. The van der Waals surface area contributed by atoms with Crippen molar-refractivity contribution in [3.05, 3.63) is 5.92 Å². The minimum Gasteiger partial charge on any atom is -0.0594 e. The fourth-order valence-corrected chi connectivity index (χ4v) is 2.68. The van der Waals surface area contributed by atoms with Gasteiger partial charge in [0.15, 0.2) is 0 Å². The van der Waals surface area contributed by atoms with Crippen LogP contribution in [0.2, 0.25) is 0 Å². The summed E-state index contributed by atoms with van der Waals surface area (Å²) in [6, 6.07) is 0. The molecule has 0 aromatic heterocycles. The molecular formula is C14H27. The average Bonchev–Trinajstić information content (AvgIpc) is 2.15. The summed E-state index contributed by atoms with van der Waals surface area (Å²) < 4.78 is 0. The Bertz CT molecular complexity index is 116. The molecule has 0 bridgehead atoms. The van der Waals surface area contributed by atoms with Crippen LogP contribution < -0.4 is 0 Å². The van der Waals surface area contributed by atoms with E-state index >= 15 is 0 Å². The molecule has 1 rings (SSSR count). The molecule has 1 fully saturated rings. The van der Waals surface area contributed by atoms with Crippen molar-refractivity contribution in [3.8, 4) is 0 Å². The van der Waals surface area contributed by atoms with Gasteiger partial charge in [0.2, 0.25) is 0 Å². The van der Waals surface area contributed by atoms with Crippen molar-refractivity contribution >= 4 is 0 Å². The second kappa shape index (κ2) is 7.31. The van der Waals surface area contributed by atoms with Crippen molar-refractivity contribution in [1.82, 2.24) is 0 Å². The first-order valence-electron chi connectivity index (χ1n) is 6.58. The van der Waals surface area contributed by atoms with Crippen LogP contribution in [0.1, 0.15) is 78.1 Å². The van der Waals surface area contributed by atoms with Crippen LogP contribution in [-0.2, 0) is 0 Å². The molecular weight excluding hydrogens is 168 g/mol. The number of rotatable bonds is 2. The molecule has 0 N–H and O–H groups in total. The molecule has 0 atom stereocenters. The second-order valence-corrected chi connectivity index (χ2v) is 5.33. The highest BCUT2D eigenvalue weighted by atomic mass is 14.2. The molecule has 0 unspecified atom stereocenters. The predicted octanol–water partition coefficient (Wildman–Crippen LogP) is 5.13. The van der Waals surface area contributed by atoms with E-state index in [1.807, 2.05) is 0 Å². The Labute approximate surface area is 90.5 Å². The first kappa shape index (κ1) is 12.1.